The van der Waals surface area contributed by atoms with E-state index in [1.807, 2.05) is 233 Å². The molecule has 0 radical (unpaired) electrons. The maximum atomic E-state index is 18.1. The van der Waals surface area contributed by atoms with Gasteiger partial charge in [0.05, 0.1) is 56.9 Å². The Kier molecular flexibility index (Phi) is 10.1. The lowest BCUT2D eigenvalue weighted by atomic mass is 9.92. The summed E-state index contributed by atoms with van der Waals surface area (Å²) in [6.07, 6.45) is 8.09. The van der Waals surface area contributed by atoms with Crippen LogP contribution in [-0.2, 0) is 19.0 Å². The number of alkyl halides is 3. The van der Waals surface area contributed by atoms with Crippen molar-refractivity contribution in [3.63, 3.8) is 0 Å². The lowest BCUT2D eigenvalue weighted by molar-refractivity contribution is -0.136. The molecule has 0 amide bonds. The van der Waals surface area contributed by atoms with Gasteiger partial charge in [0.2, 0.25) is 0 Å². The summed E-state index contributed by atoms with van der Waals surface area (Å²) < 4.78 is 54.4. The van der Waals surface area contributed by atoms with Gasteiger partial charge in [-0.15, -0.1) is 0 Å². The predicted octanol–water partition coefficient (Wildman–Crippen LogP) is 18.0. The zero-order chi connectivity index (χ0) is 48.5. The molecule has 0 saturated carbocycles. The number of nitrogens with zero attached hydrogens (tertiary/aromatic N) is 5. The second-order valence-electron chi connectivity index (χ2n) is 18.2. The standard InChI is InChI=1S/C64H42F3N5/c65-64(66,67)59-60(69-51-25-9-1-17-42(51)33-34-43-18-2-10-26-52(43)69)50(41-68)61(70-53-27-11-3-19-44(53)35-36-45-20-4-12-28-54(45)70)63(72-57-31-15-7-23-48(57)39-40-49-24-8-16-32-58(49)72)62(59)71-55-29-13-5-21-46(55)37-38-47-22-6-14-30-56(47)71/h1-38H,39-40H2. The average molecular weight is 938 g/mol. The molecule has 0 aromatic heterocycles. The zero-order valence-electron chi connectivity index (χ0n) is 38.7. The quantitative estimate of drug-likeness (QED) is 0.176. The van der Waals surface area contributed by atoms with Crippen molar-refractivity contribution < 1.29 is 13.2 Å². The summed E-state index contributed by atoms with van der Waals surface area (Å²) in [5.41, 5.74) is 10.2. The molecule has 0 aliphatic carbocycles. The molecule has 0 saturated heterocycles. The molecule has 344 valence electrons. The van der Waals surface area contributed by atoms with E-state index in [1.54, 1.807) is 4.90 Å². The number of anilines is 12. The van der Waals surface area contributed by atoms with Gasteiger partial charge in [-0.05, 0) is 106 Å². The van der Waals surface area contributed by atoms with Crippen LogP contribution in [0.4, 0.5) is 81.4 Å². The van der Waals surface area contributed by atoms with Gasteiger partial charge in [-0.3, -0.25) is 0 Å². The second-order valence-corrected chi connectivity index (χ2v) is 18.2. The fourth-order valence-corrected chi connectivity index (χ4v) is 11.1. The van der Waals surface area contributed by atoms with E-state index < -0.39 is 11.7 Å². The summed E-state index contributed by atoms with van der Waals surface area (Å²) in [7, 11) is 0. The molecule has 0 bridgehead atoms. The third-order valence-electron chi connectivity index (χ3n) is 14.2. The highest BCUT2D eigenvalue weighted by atomic mass is 19.4. The van der Waals surface area contributed by atoms with Crippen molar-refractivity contribution in [2.24, 2.45) is 0 Å². The van der Waals surface area contributed by atoms with Gasteiger partial charge < -0.3 is 19.6 Å². The highest BCUT2D eigenvalue weighted by molar-refractivity contribution is 6.13. The van der Waals surface area contributed by atoms with E-state index in [1.165, 1.54) is 0 Å². The summed E-state index contributed by atoms with van der Waals surface area (Å²) in [4.78, 5) is 7.58. The van der Waals surface area contributed by atoms with E-state index in [-0.39, 0.29) is 28.3 Å². The van der Waals surface area contributed by atoms with E-state index in [9.17, 15) is 5.26 Å². The van der Waals surface area contributed by atoms with Gasteiger partial charge in [0.15, 0.2) is 0 Å². The van der Waals surface area contributed by atoms with Crippen molar-refractivity contribution in [1.29, 1.82) is 5.26 Å². The lowest BCUT2D eigenvalue weighted by Crippen LogP contribution is -2.29. The minimum absolute atomic E-state index is 0.138. The van der Waals surface area contributed by atoms with E-state index in [0.29, 0.717) is 69.5 Å². The first-order valence-corrected chi connectivity index (χ1v) is 24.0. The predicted molar refractivity (Wildman–Crippen MR) is 289 cm³/mol. The van der Waals surface area contributed by atoms with Crippen LogP contribution in [0.15, 0.2) is 194 Å². The maximum absolute atomic E-state index is 18.1. The van der Waals surface area contributed by atoms with Crippen LogP contribution < -0.4 is 19.6 Å². The SMILES string of the molecule is N#Cc1c(N2c3ccccc3C=Cc3ccccc32)c(N2c3ccccc3CCc3ccccc32)c(N2c3ccccc3C=Cc3ccccc32)c(C(F)(F)F)c1N1c2ccccc2C=Cc2ccccc21. The van der Waals surface area contributed by atoms with Crippen LogP contribution in [0, 0.1) is 11.3 Å². The zero-order valence-corrected chi connectivity index (χ0v) is 38.7. The molecule has 0 N–H and O–H groups in total. The topological polar surface area (TPSA) is 36.8 Å². The molecule has 0 atom stereocenters. The number of hydrogen-bond acceptors (Lipinski definition) is 5. The molecular formula is C64H42F3N5. The van der Waals surface area contributed by atoms with Crippen molar-refractivity contribution >= 4 is 105 Å². The summed E-state index contributed by atoms with van der Waals surface area (Å²) in [5, 5.41) is 12.5. The molecule has 4 aliphatic rings. The Labute approximate surface area is 415 Å². The second kappa shape index (κ2) is 17.0. The van der Waals surface area contributed by atoms with Crippen molar-refractivity contribution in [3.8, 4) is 6.07 Å². The van der Waals surface area contributed by atoms with Gasteiger partial charge in [-0.25, -0.2) is 0 Å². The summed E-state index contributed by atoms with van der Waals surface area (Å²) in [6.45, 7) is 0. The average Bonchev–Trinajstić information content (AvgIpc) is 3.84. The van der Waals surface area contributed by atoms with Crippen molar-refractivity contribution in [3.05, 3.63) is 250 Å². The summed E-state index contributed by atoms with van der Waals surface area (Å²) in [5.74, 6) is 0. The number of benzene rings is 9. The molecule has 9 aromatic rings. The Bertz CT molecular complexity index is 3620. The molecule has 9 aromatic carbocycles. The third kappa shape index (κ3) is 6.77. The van der Waals surface area contributed by atoms with Gasteiger partial charge in [-0.2, -0.15) is 18.4 Å². The first kappa shape index (κ1) is 42.8. The monoisotopic (exact) mass is 937 g/mol. The Morgan fingerprint density at radius 3 is 0.903 bits per heavy atom. The van der Waals surface area contributed by atoms with Crippen LogP contribution in [0.2, 0.25) is 0 Å². The van der Waals surface area contributed by atoms with Crippen LogP contribution in [0.5, 0.6) is 0 Å². The van der Waals surface area contributed by atoms with E-state index in [4.69, 9.17) is 0 Å². The number of halogens is 3. The fraction of sp³-hybridized carbons (Fsp3) is 0.0469. The normalized spacial score (nSPS) is 13.9. The molecule has 5 nitrogen and oxygen atoms in total. The van der Waals surface area contributed by atoms with Crippen LogP contribution in [0.25, 0.3) is 36.5 Å². The Morgan fingerprint density at radius 2 is 0.583 bits per heavy atom. The number of para-hydroxylation sites is 8. The number of aryl methyl sites for hydroxylation is 2. The largest absolute Gasteiger partial charge is 0.420 e. The van der Waals surface area contributed by atoms with Crippen molar-refractivity contribution in [2.75, 3.05) is 19.6 Å². The number of hydrogen-bond donors (Lipinski definition) is 0. The Balaban J connectivity index is 1.35. The van der Waals surface area contributed by atoms with Gasteiger partial charge in [-0.1, -0.05) is 182 Å². The lowest BCUT2D eigenvalue weighted by Gasteiger charge is -2.42. The molecule has 0 unspecified atom stereocenters. The van der Waals surface area contributed by atoms with Gasteiger partial charge >= 0.3 is 6.18 Å². The highest BCUT2D eigenvalue weighted by Gasteiger charge is 2.49. The third-order valence-corrected chi connectivity index (χ3v) is 14.2. The van der Waals surface area contributed by atoms with E-state index in [0.717, 1.165) is 33.4 Å². The van der Waals surface area contributed by atoms with Crippen LogP contribution in [-0.4, -0.2) is 0 Å². The molecule has 0 fully saturated rings. The number of nitriles is 1. The van der Waals surface area contributed by atoms with E-state index >= 15 is 13.2 Å². The van der Waals surface area contributed by atoms with Crippen LogP contribution in [0.1, 0.15) is 55.6 Å². The summed E-state index contributed by atoms with van der Waals surface area (Å²) >= 11 is 0. The molecule has 4 aliphatic heterocycles. The first-order chi connectivity index (χ1) is 35.4. The highest BCUT2D eigenvalue weighted by Crippen LogP contribution is 2.65. The van der Waals surface area contributed by atoms with Gasteiger partial charge in [0.1, 0.15) is 17.2 Å². The molecule has 8 heteroatoms. The minimum atomic E-state index is -5.10. The molecule has 0 spiro atoms. The molecular weight excluding hydrogens is 896 g/mol. The van der Waals surface area contributed by atoms with Crippen LogP contribution >= 0.6 is 0 Å². The Hall–Kier alpha value is -9.32. The molecule has 13 rings (SSSR count). The van der Waals surface area contributed by atoms with Gasteiger partial charge in [0.25, 0.3) is 0 Å². The van der Waals surface area contributed by atoms with Crippen molar-refractivity contribution in [1.82, 2.24) is 0 Å². The van der Waals surface area contributed by atoms with Gasteiger partial charge in [0, 0.05) is 11.4 Å². The maximum Gasteiger partial charge on any atom is 0.420 e. The van der Waals surface area contributed by atoms with E-state index in [2.05, 4.69) is 18.2 Å². The number of rotatable bonds is 4. The summed E-state index contributed by atoms with van der Waals surface area (Å²) in [6, 6.07) is 64.6. The van der Waals surface area contributed by atoms with Crippen molar-refractivity contribution in [2.45, 2.75) is 19.0 Å². The molecule has 72 heavy (non-hydrogen) atoms. The minimum Gasteiger partial charge on any atom is -0.307 e. The first-order valence-electron chi connectivity index (χ1n) is 24.0. The fourth-order valence-electron chi connectivity index (χ4n) is 11.1. The van der Waals surface area contributed by atoms with Crippen LogP contribution in [0.3, 0.4) is 0 Å². The smallest absolute Gasteiger partial charge is 0.307 e. The molecule has 4 heterocycles. The number of fused-ring (bicyclic) bond motifs is 8. The Morgan fingerprint density at radius 1 is 0.319 bits per heavy atom.